The molecule has 0 aromatic heterocycles. The Hall–Kier alpha value is -0.295. The first-order chi connectivity index (χ1) is 6.93. The molecule has 7 heteroatoms. The lowest BCUT2D eigenvalue weighted by Gasteiger charge is -2.32. The highest BCUT2D eigenvalue weighted by Crippen LogP contribution is 2.70. The zero-order valence-electron chi connectivity index (χ0n) is 9.48. The van der Waals surface area contributed by atoms with Crippen molar-refractivity contribution < 1.29 is 26.9 Å². The molecule has 1 aliphatic heterocycles. The van der Waals surface area contributed by atoms with Crippen molar-refractivity contribution in [2.24, 2.45) is 0 Å². The van der Waals surface area contributed by atoms with E-state index in [-0.39, 0.29) is 0 Å². The molecule has 0 bridgehead atoms. The van der Waals surface area contributed by atoms with Gasteiger partial charge in [0, 0.05) is 0 Å². The zero-order chi connectivity index (χ0) is 12.6. The van der Waals surface area contributed by atoms with Gasteiger partial charge >= 0.3 is 19.0 Å². The maximum atomic E-state index is 12.8. The van der Waals surface area contributed by atoms with Gasteiger partial charge in [0.1, 0.15) is 5.82 Å². The van der Waals surface area contributed by atoms with Crippen LogP contribution in [0.4, 0.5) is 17.6 Å². The lowest BCUT2D eigenvalue weighted by Crippen LogP contribution is -2.41. The molecule has 2 aliphatic rings. The lowest BCUT2D eigenvalue weighted by molar-refractivity contribution is -0.0278. The zero-order valence-corrected chi connectivity index (χ0v) is 9.48. The summed E-state index contributed by atoms with van der Waals surface area (Å²) in [4.78, 5) is 0. The van der Waals surface area contributed by atoms with Gasteiger partial charge in [-0.2, -0.15) is 17.6 Å². The van der Waals surface area contributed by atoms with Gasteiger partial charge in [-0.1, -0.05) is 0 Å². The predicted molar refractivity (Wildman–Crippen MR) is 49.7 cm³/mol. The summed E-state index contributed by atoms with van der Waals surface area (Å²) in [5, 5.41) is 0. The number of rotatable bonds is 1. The van der Waals surface area contributed by atoms with E-state index >= 15 is 0 Å². The third-order valence-corrected chi connectivity index (χ3v) is 3.69. The van der Waals surface area contributed by atoms with Crippen molar-refractivity contribution in [2.75, 3.05) is 0 Å². The van der Waals surface area contributed by atoms with Crippen LogP contribution in [-0.2, 0) is 9.31 Å². The van der Waals surface area contributed by atoms with Gasteiger partial charge in [-0.25, -0.2) is 0 Å². The van der Waals surface area contributed by atoms with Gasteiger partial charge in [-0.3, -0.25) is 0 Å². The summed E-state index contributed by atoms with van der Waals surface area (Å²) in [5.41, 5.74) is -1.74. The Morgan fingerprint density at radius 1 is 0.812 bits per heavy atom. The van der Waals surface area contributed by atoms with Crippen LogP contribution >= 0.6 is 0 Å². The van der Waals surface area contributed by atoms with Gasteiger partial charge in [-0.05, 0) is 27.7 Å². The van der Waals surface area contributed by atoms with E-state index in [4.69, 9.17) is 9.31 Å². The Bertz CT molecular complexity index is 299. The SMILES string of the molecule is CC1(C)OB(C2C(F)(F)C2(F)F)OC1(C)C. The third kappa shape index (κ3) is 1.27. The van der Waals surface area contributed by atoms with Crippen LogP contribution in [-0.4, -0.2) is 30.2 Å². The monoisotopic (exact) mass is 240 g/mol. The second kappa shape index (κ2) is 2.75. The van der Waals surface area contributed by atoms with E-state index in [9.17, 15) is 17.6 Å². The summed E-state index contributed by atoms with van der Waals surface area (Å²) in [6.45, 7) is 6.52. The highest BCUT2D eigenvalue weighted by Gasteiger charge is 2.90. The molecule has 16 heavy (non-hydrogen) atoms. The van der Waals surface area contributed by atoms with Crippen LogP contribution in [0.15, 0.2) is 0 Å². The summed E-state index contributed by atoms with van der Waals surface area (Å²) < 4.78 is 61.6. The molecule has 0 atom stereocenters. The number of hydrogen-bond donors (Lipinski definition) is 0. The van der Waals surface area contributed by atoms with Gasteiger partial charge in [0.05, 0.1) is 11.2 Å². The Balaban J connectivity index is 2.18. The minimum absolute atomic E-state index is 0.869. The smallest absolute Gasteiger partial charge is 0.403 e. The molecule has 1 aliphatic carbocycles. The number of halogens is 4. The van der Waals surface area contributed by atoms with Crippen LogP contribution < -0.4 is 0 Å². The third-order valence-electron chi connectivity index (χ3n) is 3.69. The fourth-order valence-electron chi connectivity index (χ4n) is 1.73. The quantitative estimate of drug-likeness (QED) is 0.518. The fraction of sp³-hybridized carbons (Fsp3) is 1.00. The molecule has 0 aromatic rings. The van der Waals surface area contributed by atoms with Crippen molar-refractivity contribution in [1.82, 2.24) is 0 Å². The maximum absolute atomic E-state index is 12.8. The second-order valence-corrected chi connectivity index (χ2v) is 5.35. The van der Waals surface area contributed by atoms with Crippen LogP contribution in [0.2, 0.25) is 5.82 Å². The summed E-state index contributed by atoms with van der Waals surface area (Å²) in [6, 6.07) is 0. The van der Waals surface area contributed by atoms with Gasteiger partial charge in [0.15, 0.2) is 0 Å². The standard InChI is InChI=1S/C9H13BF4O2/c1-6(2)7(3,4)16-10(15-6)5-8(11,12)9(5,13)14/h5H,1-4H3. The molecule has 0 unspecified atom stereocenters. The summed E-state index contributed by atoms with van der Waals surface area (Å²) >= 11 is 0. The van der Waals surface area contributed by atoms with Crippen molar-refractivity contribution >= 4 is 7.12 Å². The van der Waals surface area contributed by atoms with E-state index in [0.29, 0.717) is 0 Å². The van der Waals surface area contributed by atoms with Gasteiger partial charge in [0.2, 0.25) is 0 Å². The molecule has 2 rings (SSSR count). The normalized spacial score (nSPS) is 34.1. The minimum atomic E-state index is -4.02. The van der Waals surface area contributed by atoms with Crippen molar-refractivity contribution in [3.63, 3.8) is 0 Å². The van der Waals surface area contributed by atoms with E-state index in [1.807, 2.05) is 0 Å². The first-order valence-corrected chi connectivity index (χ1v) is 5.05. The summed E-state index contributed by atoms with van der Waals surface area (Å²) in [6.07, 6.45) is 0. The fourth-order valence-corrected chi connectivity index (χ4v) is 1.73. The van der Waals surface area contributed by atoms with Crippen molar-refractivity contribution in [3.8, 4) is 0 Å². The highest BCUT2D eigenvalue weighted by atomic mass is 19.3. The van der Waals surface area contributed by atoms with E-state index in [2.05, 4.69) is 0 Å². The van der Waals surface area contributed by atoms with Crippen LogP contribution in [0.25, 0.3) is 0 Å². The Morgan fingerprint density at radius 2 is 1.12 bits per heavy atom. The van der Waals surface area contributed by atoms with E-state index in [0.717, 1.165) is 0 Å². The molecule has 0 aromatic carbocycles. The largest absolute Gasteiger partial charge is 0.474 e. The molecule has 1 saturated heterocycles. The Kier molecular flexibility index (Phi) is 2.09. The molecule has 2 fully saturated rings. The molecule has 0 amide bonds. The van der Waals surface area contributed by atoms with Crippen LogP contribution in [0.3, 0.4) is 0 Å². The topological polar surface area (TPSA) is 18.5 Å². The molecule has 0 spiro atoms. The maximum Gasteiger partial charge on any atom is 0.474 e. The molecular formula is C9H13BF4O2. The van der Waals surface area contributed by atoms with E-state index in [1.165, 1.54) is 0 Å². The van der Waals surface area contributed by atoms with Crippen molar-refractivity contribution in [3.05, 3.63) is 0 Å². The number of alkyl halides is 4. The Morgan fingerprint density at radius 3 is 1.38 bits per heavy atom. The predicted octanol–water partition coefficient (Wildman–Crippen LogP) is 2.73. The van der Waals surface area contributed by atoms with Crippen molar-refractivity contribution in [1.29, 1.82) is 0 Å². The molecule has 1 heterocycles. The molecule has 92 valence electrons. The van der Waals surface area contributed by atoms with Gasteiger partial charge in [-0.15, -0.1) is 0 Å². The first kappa shape index (κ1) is 12.2. The van der Waals surface area contributed by atoms with Crippen LogP contribution in [0.5, 0.6) is 0 Å². The van der Waals surface area contributed by atoms with E-state index < -0.39 is 36.0 Å². The minimum Gasteiger partial charge on any atom is -0.403 e. The Labute approximate surface area is 91.4 Å². The second-order valence-electron chi connectivity index (χ2n) is 5.35. The average molecular weight is 240 g/mol. The molecule has 2 nitrogen and oxygen atoms in total. The molecular weight excluding hydrogens is 227 g/mol. The van der Waals surface area contributed by atoms with Crippen molar-refractivity contribution in [2.45, 2.75) is 56.6 Å². The summed E-state index contributed by atoms with van der Waals surface area (Å²) in [7, 11) is -1.55. The van der Waals surface area contributed by atoms with E-state index in [1.54, 1.807) is 27.7 Å². The molecule has 0 N–H and O–H groups in total. The van der Waals surface area contributed by atoms with Gasteiger partial charge < -0.3 is 9.31 Å². The number of hydrogen-bond acceptors (Lipinski definition) is 2. The average Bonchev–Trinajstić information content (AvgIpc) is 2.26. The molecule has 0 radical (unpaired) electrons. The highest BCUT2D eigenvalue weighted by molar-refractivity contribution is 6.50. The lowest BCUT2D eigenvalue weighted by atomic mass is 9.81. The first-order valence-electron chi connectivity index (χ1n) is 5.05. The van der Waals surface area contributed by atoms with Crippen LogP contribution in [0.1, 0.15) is 27.7 Å². The molecule has 1 saturated carbocycles. The summed E-state index contributed by atoms with van der Waals surface area (Å²) in [5.74, 6) is -10.2. The van der Waals surface area contributed by atoms with Gasteiger partial charge in [0.25, 0.3) is 0 Å². The van der Waals surface area contributed by atoms with Crippen LogP contribution in [0, 0.1) is 0 Å².